The maximum absolute atomic E-state index is 2.72. The third-order valence-electron chi connectivity index (χ3n) is 4.14. The quantitative estimate of drug-likeness (QED) is 0.537. The van der Waals surface area contributed by atoms with E-state index in [0.29, 0.717) is 10.8 Å². The lowest BCUT2D eigenvalue weighted by Gasteiger charge is -2.33. The number of hydrogen-bond donors (Lipinski definition) is 0. The summed E-state index contributed by atoms with van der Waals surface area (Å²) in [5.74, 6) is 0.923. The third kappa shape index (κ3) is 1.60. The predicted molar refractivity (Wildman–Crippen MR) is 61.3 cm³/mol. The van der Waals surface area contributed by atoms with Crippen molar-refractivity contribution in [2.75, 3.05) is 6.54 Å². The van der Waals surface area contributed by atoms with Gasteiger partial charge in [0.05, 0.1) is 0 Å². The molecule has 2 fully saturated rings. The SMILES string of the molecule is CC(C)(C)C1CC(C(C)(C)C)N2CC12. The van der Waals surface area contributed by atoms with Crippen molar-refractivity contribution in [1.29, 1.82) is 0 Å². The monoisotopic (exact) mass is 195 g/mol. The van der Waals surface area contributed by atoms with Gasteiger partial charge in [-0.2, -0.15) is 0 Å². The van der Waals surface area contributed by atoms with Gasteiger partial charge < -0.3 is 0 Å². The van der Waals surface area contributed by atoms with Crippen LogP contribution in [0.5, 0.6) is 0 Å². The molecule has 0 aromatic rings. The topological polar surface area (TPSA) is 3.01 Å². The van der Waals surface area contributed by atoms with E-state index < -0.39 is 0 Å². The second kappa shape index (κ2) is 2.75. The fraction of sp³-hybridized carbons (Fsp3) is 1.00. The Morgan fingerprint density at radius 1 is 0.929 bits per heavy atom. The van der Waals surface area contributed by atoms with Gasteiger partial charge in [0.25, 0.3) is 0 Å². The first-order valence-corrected chi connectivity index (χ1v) is 5.97. The van der Waals surface area contributed by atoms with Crippen LogP contribution in [0.15, 0.2) is 0 Å². The van der Waals surface area contributed by atoms with Crippen LogP contribution in [0, 0.1) is 16.7 Å². The molecule has 0 aromatic heterocycles. The average Bonchev–Trinajstić information content (AvgIpc) is 2.58. The summed E-state index contributed by atoms with van der Waals surface area (Å²) in [6, 6.07) is 1.75. The lowest BCUT2D eigenvalue weighted by Crippen LogP contribution is -2.32. The summed E-state index contributed by atoms with van der Waals surface area (Å²) in [5.41, 5.74) is 0.966. The van der Waals surface area contributed by atoms with Gasteiger partial charge in [0.1, 0.15) is 0 Å². The number of hydrogen-bond acceptors (Lipinski definition) is 1. The fourth-order valence-corrected chi connectivity index (χ4v) is 3.20. The van der Waals surface area contributed by atoms with Gasteiger partial charge >= 0.3 is 0 Å². The molecule has 0 aliphatic carbocycles. The molecule has 2 aliphatic heterocycles. The molecule has 2 heterocycles. The van der Waals surface area contributed by atoms with E-state index in [2.05, 4.69) is 46.4 Å². The van der Waals surface area contributed by atoms with Gasteiger partial charge in [0.2, 0.25) is 0 Å². The molecule has 0 spiro atoms. The smallest absolute Gasteiger partial charge is 0.0261 e. The molecule has 2 rings (SSSR count). The fourth-order valence-electron chi connectivity index (χ4n) is 3.20. The van der Waals surface area contributed by atoms with Crippen LogP contribution >= 0.6 is 0 Å². The Morgan fingerprint density at radius 3 is 1.79 bits per heavy atom. The molecule has 2 saturated heterocycles. The molecule has 0 N–H and O–H groups in total. The minimum atomic E-state index is 0.467. The van der Waals surface area contributed by atoms with Crippen LogP contribution in [-0.4, -0.2) is 23.5 Å². The number of fused-ring (bicyclic) bond motifs is 1. The first kappa shape index (κ1) is 10.5. The van der Waals surface area contributed by atoms with Crippen LogP contribution in [0.25, 0.3) is 0 Å². The Morgan fingerprint density at radius 2 is 1.50 bits per heavy atom. The highest BCUT2D eigenvalue weighted by molar-refractivity contribution is 5.11. The van der Waals surface area contributed by atoms with Crippen molar-refractivity contribution in [2.45, 2.75) is 60.0 Å². The van der Waals surface area contributed by atoms with E-state index in [9.17, 15) is 0 Å². The molecule has 2 aliphatic rings. The van der Waals surface area contributed by atoms with E-state index in [-0.39, 0.29) is 0 Å². The zero-order valence-electron chi connectivity index (χ0n) is 10.6. The van der Waals surface area contributed by atoms with Gasteiger partial charge in [-0.1, -0.05) is 41.5 Å². The number of piperidine rings is 1. The van der Waals surface area contributed by atoms with Crippen molar-refractivity contribution >= 4 is 0 Å². The van der Waals surface area contributed by atoms with Gasteiger partial charge in [0, 0.05) is 18.6 Å². The molecule has 1 heteroatoms. The van der Waals surface area contributed by atoms with E-state index in [1.807, 2.05) is 0 Å². The van der Waals surface area contributed by atoms with Crippen molar-refractivity contribution in [2.24, 2.45) is 16.7 Å². The van der Waals surface area contributed by atoms with Crippen LogP contribution < -0.4 is 0 Å². The van der Waals surface area contributed by atoms with Crippen molar-refractivity contribution in [3.05, 3.63) is 0 Å². The van der Waals surface area contributed by atoms with Crippen LogP contribution in [0.1, 0.15) is 48.0 Å². The van der Waals surface area contributed by atoms with Crippen LogP contribution in [0.2, 0.25) is 0 Å². The molecular formula is C13H25N. The average molecular weight is 195 g/mol. The Balaban J connectivity index is 2.10. The van der Waals surface area contributed by atoms with Crippen molar-refractivity contribution in [3.8, 4) is 0 Å². The van der Waals surface area contributed by atoms with Gasteiger partial charge in [-0.15, -0.1) is 0 Å². The highest BCUT2D eigenvalue weighted by Gasteiger charge is 2.57. The van der Waals surface area contributed by atoms with Crippen molar-refractivity contribution in [1.82, 2.24) is 4.90 Å². The molecule has 0 bridgehead atoms. The molecule has 0 amide bonds. The molecule has 4 atom stereocenters. The first-order valence-electron chi connectivity index (χ1n) is 5.97. The normalized spacial score (nSPS) is 42.4. The Kier molecular flexibility index (Phi) is 2.06. The van der Waals surface area contributed by atoms with E-state index >= 15 is 0 Å². The van der Waals surface area contributed by atoms with Crippen molar-refractivity contribution < 1.29 is 0 Å². The molecule has 0 saturated carbocycles. The second-order valence-corrected chi connectivity index (χ2v) is 7.35. The highest BCUT2D eigenvalue weighted by Crippen LogP contribution is 2.52. The highest BCUT2D eigenvalue weighted by atomic mass is 15.4. The van der Waals surface area contributed by atoms with Gasteiger partial charge in [0.15, 0.2) is 0 Å². The molecule has 4 unspecified atom stereocenters. The zero-order chi connectivity index (χ0) is 10.7. The maximum Gasteiger partial charge on any atom is 0.0261 e. The molecule has 14 heavy (non-hydrogen) atoms. The minimum absolute atomic E-state index is 0.467. The van der Waals surface area contributed by atoms with Gasteiger partial charge in [-0.05, 0) is 23.2 Å². The summed E-state index contributed by atoms with van der Waals surface area (Å²) >= 11 is 0. The summed E-state index contributed by atoms with van der Waals surface area (Å²) in [7, 11) is 0. The van der Waals surface area contributed by atoms with E-state index in [1.54, 1.807) is 0 Å². The van der Waals surface area contributed by atoms with Crippen LogP contribution in [0.4, 0.5) is 0 Å². The molecule has 0 radical (unpaired) electrons. The summed E-state index contributed by atoms with van der Waals surface area (Å²) in [6.45, 7) is 15.7. The van der Waals surface area contributed by atoms with Crippen LogP contribution in [0.3, 0.4) is 0 Å². The molecular weight excluding hydrogens is 170 g/mol. The van der Waals surface area contributed by atoms with E-state index in [4.69, 9.17) is 0 Å². The summed E-state index contributed by atoms with van der Waals surface area (Å²) in [5, 5.41) is 0. The standard InChI is InChI=1S/C13H25N/c1-12(2,3)9-7-11(13(4,5)6)14-8-10(9)14/h9-11H,7-8H2,1-6H3. The number of nitrogens with zero attached hydrogens (tertiary/aromatic N) is 1. The molecule has 82 valence electrons. The Labute approximate surface area is 88.9 Å². The minimum Gasteiger partial charge on any atom is -0.294 e. The second-order valence-electron chi connectivity index (χ2n) is 7.35. The van der Waals surface area contributed by atoms with Gasteiger partial charge in [-0.25, -0.2) is 0 Å². The first-order chi connectivity index (χ1) is 6.21. The Hall–Kier alpha value is -0.0400. The molecule has 0 aromatic carbocycles. The van der Waals surface area contributed by atoms with E-state index in [1.165, 1.54) is 13.0 Å². The van der Waals surface area contributed by atoms with Crippen molar-refractivity contribution in [3.63, 3.8) is 0 Å². The largest absolute Gasteiger partial charge is 0.294 e. The summed E-state index contributed by atoms with van der Waals surface area (Å²) in [4.78, 5) is 2.72. The number of rotatable bonds is 0. The van der Waals surface area contributed by atoms with Gasteiger partial charge in [-0.3, -0.25) is 4.90 Å². The summed E-state index contributed by atoms with van der Waals surface area (Å²) in [6.07, 6.45) is 1.41. The zero-order valence-corrected chi connectivity index (χ0v) is 10.6. The van der Waals surface area contributed by atoms with Crippen LogP contribution in [-0.2, 0) is 0 Å². The third-order valence-corrected chi connectivity index (χ3v) is 4.14. The summed E-state index contributed by atoms with van der Waals surface area (Å²) < 4.78 is 0. The Bertz CT molecular complexity index is 207. The predicted octanol–water partition coefficient (Wildman–Crippen LogP) is 3.15. The lowest BCUT2D eigenvalue weighted by molar-refractivity contribution is 0.190. The lowest BCUT2D eigenvalue weighted by atomic mass is 9.73. The maximum atomic E-state index is 2.72. The molecule has 1 nitrogen and oxygen atoms in total. The van der Waals surface area contributed by atoms with E-state index in [0.717, 1.165) is 18.0 Å².